The lowest BCUT2D eigenvalue weighted by Gasteiger charge is -2.09. The molecule has 1 heterocycles. The molecule has 8 nitrogen and oxygen atoms in total. The second-order valence-corrected chi connectivity index (χ2v) is 4.86. The van der Waals surface area contributed by atoms with Gasteiger partial charge >= 0.3 is 5.76 Å². The lowest BCUT2D eigenvalue weighted by molar-refractivity contribution is 0.102. The third-order valence-corrected chi connectivity index (χ3v) is 3.28. The minimum Gasteiger partial charge on any atom is -0.507 e. The molecule has 0 aliphatic rings. The van der Waals surface area contributed by atoms with E-state index in [-0.39, 0.29) is 17.1 Å². The number of aromatic nitrogens is 2. The van der Waals surface area contributed by atoms with Gasteiger partial charge in [-0.05, 0) is 24.3 Å². The van der Waals surface area contributed by atoms with E-state index in [0.29, 0.717) is 17.0 Å². The molecule has 0 spiro atoms. The Balaban J connectivity index is 1.83. The van der Waals surface area contributed by atoms with Crippen LogP contribution in [-0.4, -0.2) is 28.3 Å². The summed E-state index contributed by atoms with van der Waals surface area (Å²) in [5.41, 5.74) is 1.14. The van der Waals surface area contributed by atoms with E-state index in [2.05, 4.69) is 20.0 Å². The van der Waals surface area contributed by atoms with Gasteiger partial charge in [-0.3, -0.25) is 14.3 Å². The third kappa shape index (κ3) is 3.12. The first-order valence-electron chi connectivity index (χ1n) is 6.91. The molecule has 1 amide bonds. The summed E-state index contributed by atoms with van der Waals surface area (Å²) < 4.78 is 9.43. The molecule has 1 aromatic heterocycles. The molecule has 3 rings (SSSR count). The van der Waals surface area contributed by atoms with Crippen molar-refractivity contribution < 1.29 is 19.2 Å². The van der Waals surface area contributed by atoms with Crippen molar-refractivity contribution in [2.45, 2.75) is 0 Å². The number of nitrogens with one attached hydrogen (secondary N) is 2. The fourth-order valence-corrected chi connectivity index (χ4v) is 2.13. The molecular formula is C16H13N3O5. The van der Waals surface area contributed by atoms with Crippen LogP contribution in [0.15, 0.2) is 51.8 Å². The number of anilines is 1. The largest absolute Gasteiger partial charge is 0.507 e. The van der Waals surface area contributed by atoms with Crippen molar-refractivity contribution in [3.05, 3.63) is 58.6 Å². The lowest BCUT2D eigenvalue weighted by atomic mass is 10.1. The van der Waals surface area contributed by atoms with E-state index in [9.17, 15) is 14.7 Å². The predicted octanol–water partition coefficient (Wildman–Crippen LogP) is 2.00. The molecule has 3 N–H and O–H groups in total. The number of carbonyl (C=O) groups is 1. The van der Waals surface area contributed by atoms with Crippen LogP contribution in [0.1, 0.15) is 10.4 Å². The van der Waals surface area contributed by atoms with E-state index in [1.807, 2.05) is 0 Å². The fraction of sp³-hybridized carbons (Fsp3) is 0.0625. The van der Waals surface area contributed by atoms with Crippen molar-refractivity contribution in [1.82, 2.24) is 10.1 Å². The number of benzene rings is 2. The average molecular weight is 327 g/mol. The lowest BCUT2D eigenvalue weighted by Crippen LogP contribution is -2.12. The Morgan fingerprint density at radius 1 is 1.29 bits per heavy atom. The maximum atomic E-state index is 12.3. The Morgan fingerprint density at radius 2 is 2.12 bits per heavy atom. The molecule has 0 fully saturated rings. The number of rotatable bonds is 4. The van der Waals surface area contributed by atoms with E-state index in [0.717, 1.165) is 0 Å². The summed E-state index contributed by atoms with van der Waals surface area (Å²) in [5.74, 6) is -0.642. The SMILES string of the molecule is COc1ccc(C(=O)Nc2cccc(-c3noc(=O)[nH]3)c2)c(O)c1. The smallest absolute Gasteiger partial charge is 0.439 e. The van der Waals surface area contributed by atoms with Gasteiger partial charge in [-0.1, -0.05) is 17.3 Å². The molecule has 0 unspecified atom stereocenters. The summed E-state index contributed by atoms with van der Waals surface area (Å²) in [7, 11) is 1.47. The van der Waals surface area contributed by atoms with Gasteiger partial charge in [0.05, 0.1) is 12.7 Å². The van der Waals surface area contributed by atoms with Gasteiger partial charge in [-0.2, -0.15) is 0 Å². The van der Waals surface area contributed by atoms with Gasteiger partial charge in [-0.15, -0.1) is 0 Å². The molecule has 0 radical (unpaired) electrons. The number of hydrogen-bond donors (Lipinski definition) is 3. The minimum absolute atomic E-state index is 0.107. The van der Waals surface area contributed by atoms with Crippen LogP contribution in [0.2, 0.25) is 0 Å². The van der Waals surface area contributed by atoms with Crippen LogP contribution in [0.25, 0.3) is 11.4 Å². The number of amides is 1. The second kappa shape index (κ2) is 6.29. The number of phenolic OH excluding ortho intramolecular Hbond substituents is 1. The van der Waals surface area contributed by atoms with Crippen LogP contribution >= 0.6 is 0 Å². The predicted molar refractivity (Wildman–Crippen MR) is 85.2 cm³/mol. The van der Waals surface area contributed by atoms with Crippen LogP contribution < -0.4 is 15.8 Å². The van der Waals surface area contributed by atoms with Gasteiger partial charge in [0.25, 0.3) is 5.91 Å². The highest BCUT2D eigenvalue weighted by molar-refractivity contribution is 6.06. The summed E-state index contributed by atoms with van der Waals surface area (Å²) in [4.78, 5) is 25.7. The molecule has 2 aromatic carbocycles. The highest BCUT2D eigenvalue weighted by atomic mass is 16.5. The molecule has 0 atom stereocenters. The van der Waals surface area contributed by atoms with Gasteiger partial charge in [-0.25, -0.2) is 4.79 Å². The first-order chi connectivity index (χ1) is 11.6. The summed E-state index contributed by atoms with van der Waals surface area (Å²) in [6, 6.07) is 11.1. The monoisotopic (exact) mass is 327 g/mol. The number of aromatic hydroxyl groups is 1. The molecule has 0 aliphatic carbocycles. The van der Waals surface area contributed by atoms with Crippen molar-refractivity contribution in [3.63, 3.8) is 0 Å². The normalized spacial score (nSPS) is 10.4. The standard InChI is InChI=1S/C16H13N3O5/c1-23-11-5-6-12(13(20)8-11)15(21)17-10-4-2-3-9(7-10)14-18-16(22)24-19-14/h2-8,20H,1H3,(H,17,21)(H,18,19,22). The van der Waals surface area contributed by atoms with E-state index < -0.39 is 11.7 Å². The zero-order chi connectivity index (χ0) is 17.1. The van der Waals surface area contributed by atoms with Crippen LogP contribution in [0.4, 0.5) is 5.69 Å². The van der Waals surface area contributed by atoms with Crippen LogP contribution in [0.5, 0.6) is 11.5 Å². The first kappa shape index (κ1) is 15.3. The van der Waals surface area contributed by atoms with Gasteiger partial charge in [0.1, 0.15) is 11.5 Å². The van der Waals surface area contributed by atoms with E-state index in [1.54, 1.807) is 30.3 Å². The van der Waals surface area contributed by atoms with Crippen molar-refractivity contribution in [2.24, 2.45) is 0 Å². The molecule has 8 heteroatoms. The maximum absolute atomic E-state index is 12.3. The van der Waals surface area contributed by atoms with E-state index in [4.69, 9.17) is 4.74 Å². The number of methoxy groups -OCH3 is 1. The number of nitrogens with zero attached hydrogens (tertiary/aromatic N) is 1. The Labute approximate surface area is 135 Å². The minimum atomic E-state index is -0.664. The van der Waals surface area contributed by atoms with Gasteiger partial charge in [0.2, 0.25) is 0 Å². The third-order valence-electron chi connectivity index (χ3n) is 3.28. The zero-order valence-corrected chi connectivity index (χ0v) is 12.6. The van der Waals surface area contributed by atoms with E-state index >= 15 is 0 Å². The van der Waals surface area contributed by atoms with Crippen LogP contribution in [0, 0.1) is 0 Å². The molecule has 0 aliphatic heterocycles. The topological polar surface area (TPSA) is 117 Å². The number of hydrogen-bond acceptors (Lipinski definition) is 6. The molecule has 122 valence electrons. The van der Waals surface area contributed by atoms with Crippen molar-refractivity contribution >= 4 is 11.6 Å². The maximum Gasteiger partial charge on any atom is 0.439 e. The van der Waals surface area contributed by atoms with Crippen LogP contribution in [0.3, 0.4) is 0 Å². The number of carbonyl (C=O) groups excluding carboxylic acids is 1. The molecule has 24 heavy (non-hydrogen) atoms. The van der Waals surface area contributed by atoms with Crippen molar-refractivity contribution in [1.29, 1.82) is 0 Å². The Hall–Kier alpha value is -3.55. The number of phenols is 1. The second-order valence-electron chi connectivity index (χ2n) is 4.86. The molecule has 0 bridgehead atoms. The van der Waals surface area contributed by atoms with E-state index in [1.165, 1.54) is 19.2 Å². The summed E-state index contributed by atoms with van der Waals surface area (Å²) >= 11 is 0. The van der Waals surface area contributed by atoms with Crippen LogP contribution in [-0.2, 0) is 0 Å². The highest BCUT2D eigenvalue weighted by Gasteiger charge is 2.13. The number of H-pyrrole nitrogens is 1. The van der Waals surface area contributed by atoms with Crippen molar-refractivity contribution in [2.75, 3.05) is 12.4 Å². The van der Waals surface area contributed by atoms with Crippen molar-refractivity contribution in [3.8, 4) is 22.9 Å². The van der Waals surface area contributed by atoms with Gasteiger partial charge < -0.3 is 15.2 Å². The molecular weight excluding hydrogens is 314 g/mol. The molecule has 0 saturated carbocycles. The summed E-state index contributed by atoms with van der Waals surface area (Å²) in [6.07, 6.45) is 0. The summed E-state index contributed by atoms with van der Waals surface area (Å²) in [6.45, 7) is 0. The highest BCUT2D eigenvalue weighted by Crippen LogP contribution is 2.25. The Kier molecular flexibility index (Phi) is 4.02. The first-order valence-corrected chi connectivity index (χ1v) is 6.91. The van der Waals surface area contributed by atoms with Gasteiger partial charge in [0, 0.05) is 17.3 Å². The quantitative estimate of drug-likeness (QED) is 0.674. The number of ether oxygens (including phenoxy) is 1. The Bertz CT molecular complexity index is 945. The molecule has 3 aromatic rings. The fourth-order valence-electron chi connectivity index (χ4n) is 2.13. The average Bonchev–Trinajstić information content (AvgIpc) is 3.01. The van der Waals surface area contributed by atoms with Gasteiger partial charge in [0.15, 0.2) is 5.82 Å². The summed E-state index contributed by atoms with van der Waals surface area (Å²) in [5, 5.41) is 16.2. The Morgan fingerprint density at radius 3 is 2.79 bits per heavy atom. The zero-order valence-electron chi connectivity index (χ0n) is 12.6. The molecule has 0 saturated heterocycles. The number of aromatic amines is 1.